The zero-order valence-corrected chi connectivity index (χ0v) is 16.4. The number of hydrogen-bond donors (Lipinski definition) is 0. The van der Waals surface area contributed by atoms with Crippen LogP contribution in [0.25, 0.3) is 0 Å². The minimum Gasteiger partial charge on any atom is -0.341 e. The number of amides is 2. The molecule has 2 aliphatic rings. The minimum absolute atomic E-state index is 0.00611. The lowest BCUT2D eigenvalue weighted by molar-refractivity contribution is -0.132. The largest absolute Gasteiger partial charge is 0.341 e. The van der Waals surface area contributed by atoms with Crippen molar-refractivity contribution in [2.45, 2.75) is 51.6 Å². The van der Waals surface area contributed by atoms with E-state index in [-0.39, 0.29) is 17.9 Å². The summed E-state index contributed by atoms with van der Waals surface area (Å²) < 4.78 is 2.14. The van der Waals surface area contributed by atoms with Crippen molar-refractivity contribution in [3.05, 3.63) is 47.5 Å². The van der Waals surface area contributed by atoms with Gasteiger partial charge in [-0.3, -0.25) is 9.59 Å². The summed E-state index contributed by atoms with van der Waals surface area (Å²) in [6.45, 7) is 4.43. The van der Waals surface area contributed by atoms with Crippen molar-refractivity contribution >= 4 is 11.8 Å². The molecule has 7 nitrogen and oxygen atoms in total. The van der Waals surface area contributed by atoms with Crippen LogP contribution in [0.4, 0.5) is 0 Å². The molecule has 2 amide bonds. The molecule has 2 aliphatic heterocycles. The highest BCUT2D eigenvalue weighted by Crippen LogP contribution is 2.32. The van der Waals surface area contributed by atoms with E-state index in [1.54, 1.807) is 6.92 Å². The van der Waals surface area contributed by atoms with Gasteiger partial charge in [-0.2, -0.15) is 0 Å². The van der Waals surface area contributed by atoms with Gasteiger partial charge < -0.3 is 14.4 Å². The third kappa shape index (κ3) is 3.79. The second-order valence-corrected chi connectivity index (χ2v) is 7.61. The minimum atomic E-state index is -0.00611. The SMILES string of the molecule is CC(=O)N1CCc2nnc([C@H]3CCCN3C(=O)CCc3ccccc3)n2CC1. The van der Waals surface area contributed by atoms with Gasteiger partial charge in [0.1, 0.15) is 5.82 Å². The molecule has 0 bridgehead atoms. The summed E-state index contributed by atoms with van der Waals surface area (Å²) in [5, 5.41) is 8.84. The molecule has 1 saturated heterocycles. The Hall–Kier alpha value is -2.70. The van der Waals surface area contributed by atoms with Crippen molar-refractivity contribution in [2.75, 3.05) is 19.6 Å². The topological polar surface area (TPSA) is 71.3 Å². The van der Waals surface area contributed by atoms with Crippen LogP contribution in [0.15, 0.2) is 30.3 Å². The molecule has 4 rings (SSSR count). The fourth-order valence-corrected chi connectivity index (χ4v) is 4.28. The van der Waals surface area contributed by atoms with Gasteiger partial charge in [-0.15, -0.1) is 10.2 Å². The first-order valence-corrected chi connectivity index (χ1v) is 10.1. The number of nitrogens with zero attached hydrogens (tertiary/aromatic N) is 5. The molecule has 2 aromatic rings. The number of aromatic nitrogens is 3. The van der Waals surface area contributed by atoms with Crippen LogP contribution < -0.4 is 0 Å². The summed E-state index contributed by atoms with van der Waals surface area (Å²) in [5.74, 6) is 2.08. The van der Waals surface area contributed by atoms with Crippen molar-refractivity contribution in [1.82, 2.24) is 24.6 Å². The fraction of sp³-hybridized carbons (Fsp3) is 0.524. The van der Waals surface area contributed by atoms with Crippen LogP contribution in [0.5, 0.6) is 0 Å². The van der Waals surface area contributed by atoms with Gasteiger partial charge in [-0.25, -0.2) is 0 Å². The van der Waals surface area contributed by atoms with Crippen molar-refractivity contribution in [3.63, 3.8) is 0 Å². The van der Waals surface area contributed by atoms with Crippen LogP contribution in [-0.4, -0.2) is 56.0 Å². The summed E-state index contributed by atoms with van der Waals surface area (Å²) in [4.78, 5) is 28.5. The number of likely N-dealkylation sites (tertiary alicyclic amines) is 1. The molecule has 1 atom stereocenters. The van der Waals surface area contributed by atoms with Crippen LogP contribution >= 0.6 is 0 Å². The van der Waals surface area contributed by atoms with Crippen LogP contribution in [0, 0.1) is 0 Å². The first kappa shape index (κ1) is 18.7. The third-order valence-electron chi connectivity index (χ3n) is 5.84. The van der Waals surface area contributed by atoms with E-state index < -0.39 is 0 Å². The predicted octanol–water partition coefficient (Wildman–Crippen LogP) is 1.98. The average molecular weight is 381 g/mol. The zero-order valence-electron chi connectivity index (χ0n) is 16.4. The van der Waals surface area contributed by atoms with E-state index in [0.717, 1.165) is 37.5 Å². The van der Waals surface area contributed by atoms with Crippen LogP contribution in [0.3, 0.4) is 0 Å². The van der Waals surface area contributed by atoms with Gasteiger partial charge in [-0.1, -0.05) is 30.3 Å². The van der Waals surface area contributed by atoms with Gasteiger partial charge in [0, 0.05) is 45.9 Å². The van der Waals surface area contributed by atoms with E-state index in [4.69, 9.17) is 0 Å². The van der Waals surface area contributed by atoms with Gasteiger partial charge >= 0.3 is 0 Å². The molecule has 148 valence electrons. The number of aryl methyl sites for hydroxylation is 1. The maximum absolute atomic E-state index is 12.9. The second kappa shape index (κ2) is 8.12. The molecular weight excluding hydrogens is 354 g/mol. The monoisotopic (exact) mass is 381 g/mol. The first-order chi connectivity index (χ1) is 13.6. The molecule has 0 spiro atoms. The predicted molar refractivity (Wildman–Crippen MR) is 104 cm³/mol. The highest BCUT2D eigenvalue weighted by Gasteiger charge is 2.34. The highest BCUT2D eigenvalue weighted by atomic mass is 16.2. The molecule has 1 aromatic heterocycles. The summed E-state index contributed by atoms with van der Waals surface area (Å²) in [7, 11) is 0. The van der Waals surface area contributed by atoms with E-state index in [1.165, 1.54) is 5.56 Å². The highest BCUT2D eigenvalue weighted by molar-refractivity contribution is 5.77. The van der Waals surface area contributed by atoms with Crippen LogP contribution in [0.1, 0.15) is 49.4 Å². The van der Waals surface area contributed by atoms with Crippen LogP contribution in [0.2, 0.25) is 0 Å². The average Bonchev–Trinajstić information content (AvgIpc) is 3.28. The van der Waals surface area contributed by atoms with Crippen molar-refractivity contribution in [3.8, 4) is 0 Å². The quantitative estimate of drug-likeness (QED) is 0.812. The van der Waals surface area contributed by atoms with Gasteiger partial charge in [0.15, 0.2) is 5.82 Å². The number of benzene rings is 1. The molecule has 0 unspecified atom stereocenters. The molecule has 0 N–H and O–H groups in total. The Morgan fingerprint density at radius 1 is 1.07 bits per heavy atom. The Balaban J connectivity index is 1.46. The molecule has 0 saturated carbocycles. The normalized spacial score (nSPS) is 19.4. The Labute approximate surface area is 165 Å². The number of rotatable bonds is 4. The number of carbonyl (C=O) groups excluding carboxylic acids is 2. The molecule has 0 aliphatic carbocycles. The smallest absolute Gasteiger partial charge is 0.223 e. The Bertz CT molecular complexity index is 848. The lowest BCUT2D eigenvalue weighted by atomic mass is 10.1. The Morgan fingerprint density at radius 3 is 2.68 bits per heavy atom. The Morgan fingerprint density at radius 2 is 1.89 bits per heavy atom. The van der Waals surface area contributed by atoms with Gasteiger partial charge in [0.25, 0.3) is 0 Å². The van der Waals surface area contributed by atoms with Crippen molar-refractivity contribution in [1.29, 1.82) is 0 Å². The Kier molecular flexibility index (Phi) is 5.41. The van der Waals surface area contributed by atoms with Crippen LogP contribution in [-0.2, 0) is 29.0 Å². The summed E-state index contributed by atoms with van der Waals surface area (Å²) in [5.41, 5.74) is 1.19. The van der Waals surface area contributed by atoms with E-state index in [9.17, 15) is 9.59 Å². The molecule has 7 heteroatoms. The van der Waals surface area contributed by atoms with E-state index in [1.807, 2.05) is 28.0 Å². The summed E-state index contributed by atoms with van der Waals surface area (Å²) in [6.07, 6.45) is 3.89. The molecular formula is C21H27N5O2. The first-order valence-electron chi connectivity index (χ1n) is 10.1. The standard InChI is InChI=1S/C21H27N5O2/c1-16(27)24-13-11-19-22-23-21(26(19)15-14-24)18-8-5-12-25(18)20(28)10-9-17-6-3-2-4-7-17/h2-4,6-7,18H,5,8-15H2,1H3/t18-/m1/s1. The third-order valence-corrected chi connectivity index (χ3v) is 5.84. The van der Waals surface area contributed by atoms with Gasteiger partial charge in [-0.05, 0) is 24.8 Å². The fourth-order valence-electron chi connectivity index (χ4n) is 4.28. The van der Waals surface area contributed by atoms with E-state index in [2.05, 4.69) is 26.9 Å². The molecule has 28 heavy (non-hydrogen) atoms. The van der Waals surface area contributed by atoms with Gasteiger partial charge in [0.2, 0.25) is 11.8 Å². The van der Waals surface area contributed by atoms with E-state index in [0.29, 0.717) is 32.5 Å². The molecule has 0 radical (unpaired) electrons. The summed E-state index contributed by atoms with van der Waals surface area (Å²) >= 11 is 0. The molecule has 3 heterocycles. The number of hydrogen-bond acceptors (Lipinski definition) is 4. The lowest BCUT2D eigenvalue weighted by Gasteiger charge is -2.25. The second-order valence-electron chi connectivity index (χ2n) is 7.61. The zero-order chi connectivity index (χ0) is 19.5. The molecule has 1 aromatic carbocycles. The van der Waals surface area contributed by atoms with Gasteiger partial charge in [0.05, 0.1) is 6.04 Å². The number of fused-ring (bicyclic) bond motifs is 1. The summed E-state index contributed by atoms with van der Waals surface area (Å²) in [6, 6.07) is 10.1. The van der Waals surface area contributed by atoms with Crippen molar-refractivity contribution < 1.29 is 9.59 Å². The van der Waals surface area contributed by atoms with E-state index >= 15 is 0 Å². The van der Waals surface area contributed by atoms with Crippen molar-refractivity contribution in [2.24, 2.45) is 0 Å². The molecule has 1 fully saturated rings. The lowest BCUT2D eigenvalue weighted by Crippen LogP contribution is -2.33. The maximum atomic E-state index is 12.9. The number of carbonyl (C=O) groups is 2. The maximum Gasteiger partial charge on any atom is 0.223 e.